The van der Waals surface area contributed by atoms with E-state index in [2.05, 4.69) is 16.0 Å². The van der Waals surface area contributed by atoms with Crippen molar-refractivity contribution in [2.45, 2.75) is 6.42 Å². The van der Waals surface area contributed by atoms with Gasteiger partial charge in [-0.25, -0.2) is 0 Å². The quantitative estimate of drug-likeness (QED) is 0.939. The molecular weight excluding hydrogens is 308 g/mol. The molecule has 6 heteroatoms. The number of nitrogens with zero attached hydrogens (tertiary/aromatic N) is 2. The highest BCUT2D eigenvalue weighted by Crippen LogP contribution is 2.44. The van der Waals surface area contributed by atoms with Crippen LogP contribution in [0.1, 0.15) is 12.0 Å². The third kappa shape index (κ3) is 2.08. The predicted octanol–water partition coefficient (Wildman–Crippen LogP) is 3.56. The third-order valence-corrected chi connectivity index (χ3v) is 5.12. The number of aliphatic imine (C=N–C) groups is 1. The second kappa shape index (κ2) is 5.09. The average molecular weight is 321 g/mol. The minimum Gasteiger partial charge on any atom is -0.463 e. The molecule has 4 nitrogen and oxygen atoms in total. The van der Waals surface area contributed by atoms with E-state index < -0.39 is 0 Å². The van der Waals surface area contributed by atoms with Gasteiger partial charge in [0.05, 0.1) is 23.5 Å². The Morgan fingerprint density at radius 1 is 1.43 bits per heavy atom. The second-order valence-electron chi connectivity index (χ2n) is 4.96. The molecule has 2 aromatic rings. The van der Waals surface area contributed by atoms with Gasteiger partial charge in [0.1, 0.15) is 0 Å². The highest BCUT2D eigenvalue weighted by Gasteiger charge is 2.32. The van der Waals surface area contributed by atoms with Crippen LogP contribution in [0.3, 0.4) is 0 Å². The number of furan rings is 1. The lowest BCUT2D eigenvalue weighted by atomic mass is 10.1. The Balaban J connectivity index is 1.87. The number of hydrogen-bond acceptors (Lipinski definition) is 5. The van der Waals surface area contributed by atoms with Crippen molar-refractivity contribution in [3.63, 3.8) is 0 Å². The largest absolute Gasteiger partial charge is 0.463 e. The van der Waals surface area contributed by atoms with E-state index in [0.29, 0.717) is 17.0 Å². The number of benzene rings is 1. The molecule has 2 aliphatic rings. The Labute approximate surface area is 131 Å². The van der Waals surface area contributed by atoms with Gasteiger partial charge in [-0.1, -0.05) is 23.4 Å². The van der Waals surface area contributed by atoms with Crippen molar-refractivity contribution in [1.82, 2.24) is 4.90 Å². The molecule has 0 fully saturated rings. The summed E-state index contributed by atoms with van der Waals surface area (Å²) in [6.45, 7) is 1.84. The third-order valence-electron chi connectivity index (χ3n) is 3.67. The van der Waals surface area contributed by atoms with Gasteiger partial charge < -0.3 is 14.4 Å². The zero-order chi connectivity index (χ0) is 14.4. The number of hydrogen-bond donors (Lipinski definition) is 1. The fourth-order valence-corrected chi connectivity index (χ4v) is 4.25. The molecular formula is C15H13ClN2O2S. The molecule has 2 aliphatic heterocycles. The summed E-state index contributed by atoms with van der Waals surface area (Å²) in [4.78, 5) is 7.87. The van der Waals surface area contributed by atoms with Crippen molar-refractivity contribution < 1.29 is 9.52 Å². The van der Waals surface area contributed by atoms with Gasteiger partial charge in [0.2, 0.25) is 0 Å². The molecule has 0 spiro atoms. The normalized spacial score (nSPS) is 17.8. The summed E-state index contributed by atoms with van der Waals surface area (Å²) in [6, 6.07) is 5.93. The minimum atomic E-state index is 0.134. The maximum Gasteiger partial charge on any atom is 0.168 e. The number of rotatable bonds is 3. The van der Waals surface area contributed by atoms with Crippen LogP contribution in [0, 0.1) is 0 Å². The van der Waals surface area contributed by atoms with Gasteiger partial charge in [-0.2, -0.15) is 0 Å². The van der Waals surface area contributed by atoms with Gasteiger partial charge in [-0.3, -0.25) is 4.99 Å². The van der Waals surface area contributed by atoms with Gasteiger partial charge in [0.25, 0.3) is 0 Å². The lowest BCUT2D eigenvalue weighted by Gasteiger charge is -2.17. The molecule has 21 heavy (non-hydrogen) atoms. The van der Waals surface area contributed by atoms with Crippen LogP contribution in [0.25, 0.3) is 16.7 Å². The highest BCUT2D eigenvalue weighted by atomic mass is 35.5. The van der Waals surface area contributed by atoms with Crippen molar-refractivity contribution in [3.8, 4) is 0 Å². The maximum atomic E-state index is 9.30. The Hall–Kier alpha value is -1.43. The first-order valence-electron chi connectivity index (χ1n) is 6.79. The number of halogens is 1. The van der Waals surface area contributed by atoms with E-state index in [-0.39, 0.29) is 6.61 Å². The van der Waals surface area contributed by atoms with E-state index in [0.717, 1.165) is 39.8 Å². The van der Waals surface area contributed by atoms with Crippen LogP contribution in [0.4, 0.5) is 0 Å². The first-order chi connectivity index (χ1) is 10.3. The molecule has 3 heterocycles. The van der Waals surface area contributed by atoms with Crippen LogP contribution in [-0.2, 0) is 0 Å². The molecule has 0 aliphatic carbocycles. The van der Waals surface area contributed by atoms with E-state index in [1.54, 1.807) is 18.0 Å². The van der Waals surface area contributed by atoms with Crippen LogP contribution in [-0.4, -0.2) is 34.9 Å². The smallest absolute Gasteiger partial charge is 0.168 e. The van der Waals surface area contributed by atoms with Crippen LogP contribution in [0.2, 0.25) is 5.02 Å². The molecule has 4 rings (SSSR count). The molecule has 0 saturated carbocycles. The summed E-state index contributed by atoms with van der Waals surface area (Å²) < 4.78 is 5.40. The lowest BCUT2D eigenvalue weighted by molar-refractivity contribution is 0.301. The average Bonchev–Trinajstić information content (AvgIpc) is 3.13. The van der Waals surface area contributed by atoms with Crippen LogP contribution < -0.4 is 0 Å². The number of aliphatic hydroxyl groups is 1. The fraction of sp³-hybridized carbons (Fsp3) is 0.267. The first-order valence-corrected chi connectivity index (χ1v) is 7.98. The maximum absolute atomic E-state index is 9.30. The van der Waals surface area contributed by atoms with Crippen molar-refractivity contribution in [2.24, 2.45) is 4.99 Å². The monoisotopic (exact) mass is 320 g/mol. The zero-order valence-electron chi connectivity index (χ0n) is 11.2. The molecule has 0 unspecified atom stereocenters. The van der Waals surface area contributed by atoms with Crippen molar-refractivity contribution >= 4 is 45.2 Å². The van der Waals surface area contributed by atoms with E-state index >= 15 is 0 Å². The molecule has 0 amide bonds. The Kier molecular flexibility index (Phi) is 3.21. The van der Waals surface area contributed by atoms with E-state index in [9.17, 15) is 5.11 Å². The predicted molar refractivity (Wildman–Crippen MR) is 86.4 cm³/mol. The van der Waals surface area contributed by atoms with Crippen molar-refractivity contribution in [2.75, 3.05) is 19.7 Å². The fourth-order valence-electron chi connectivity index (χ4n) is 2.79. The second-order valence-corrected chi connectivity index (χ2v) is 6.43. The molecule has 0 saturated heterocycles. The van der Waals surface area contributed by atoms with Gasteiger partial charge in [-0.15, -0.1) is 0 Å². The van der Waals surface area contributed by atoms with E-state index in [1.807, 2.05) is 12.1 Å². The van der Waals surface area contributed by atoms with Gasteiger partial charge in [-0.05, 0) is 18.2 Å². The lowest BCUT2D eigenvalue weighted by Crippen LogP contribution is -2.20. The summed E-state index contributed by atoms with van der Waals surface area (Å²) in [5.41, 5.74) is 2.89. The summed E-state index contributed by atoms with van der Waals surface area (Å²) in [5.74, 6) is 0. The molecule has 108 valence electrons. The Morgan fingerprint density at radius 2 is 2.33 bits per heavy atom. The van der Waals surface area contributed by atoms with Gasteiger partial charge in [0, 0.05) is 35.4 Å². The Morgan fingerprint density at radius 3 is 3.19 bits per heavy atom. The van der Waals surface area contributed by atoms with E-state index in [1.165, 1.54) is 0 Å². The van der Waals surface area contributed by atoms with Crippen LogP contribution >= 0.6 is 23.4 Å². The summed E-state index contributed by atoms with van der Waals surface area (Å²) in [5, 5.41) is 11.9. The Bertz CT molecular complexity index is 781. The van der Waals surface area contributed by atoms with Gasteiger partial charge in [0.15, 0.2) is 10.8 Å². The standard InChI is InChI=1S/C15H13ClN2O2S/c16-11-8-10(7-9-2-6-20-14(9)11)13-12(1-5-19)21-15-17-3-4-18(13)15/h2,6-8,19H,1,3-5H2. The molecule has 0 radical (unpaired) electrons. The van der Waals surface area contributed by atoms with Crippen molar-refractivity contribution in [1.29, 1.82) is 0 Å². The molecule has 1 N–H and O–H groups in total. The van der Waals surface area contributed by atoms with Crippen LogP contribution in [0.15, 0.2) is 38.8 Å². The zero-order valence-corrected chi connectivity index (χ0v) is 12.7. The van der Waals surface area contributed by atoms with E-state index in [4.69, 9.17) is 16.0 Å². The molecule has 0 bridgehead atoms. The SMILES string of the molecule is OCCC1=C(c2cc(Cl)c3occc3c2)N2CCN=C2S1. The molecule has 1 aromatic carbocycles. The van der Waals surface area contributed by atoms with Gasteiger partial charge >= 0.3 is 0 Å². The topological polar surface area (TPSA) is 49.0 Å². The molecule has 0 atom stereocenters. The van der Waals surface area contributed by atoms with Crippen LogP contribution in [0.5, 0.6) is 0 Å². The minimum absolute atomic E-state index is 0.134. The molecule has 1 aromatic heterocycles. The summed E-state index contributed by atoms with van der Waals surface area (Å²) in [7, 11) is 0. The first kappa shape index (κ1) is 13.2. The summed E-state index contributed by atoms with van der Waals surface area (Å²) >= 11 is 7.98. The number of thioether (sulfide) groups is 1. The summed E-state index contributed by atoms with van der Waals surface area (Å²) in [6.07, 6.45) is 2.28. The van der Waals surface area contributed by atoms with Crippen molar-refractivity contribution in [3.05, 3.63) is 40.0 Å². The number of amidine groups is 1. The highest BCUT2D eigenvalue weighted by molar-refractivity contribution is 8.17. The number of aliphatic hydroxyl groups excluding tert-OH is 1. The number of fused-ring (bicyclic) bond motifs is 2.